The first-order valence-corrected chi connectivity index (χ1v) is 15.5. The number of aliphatic hydroxyl groups excluding tert-OH is 1. The molecule has 3 aliphatic rings. The number of halogens is 1. The number of benzene rings is 1. The van der Waals surface area contributed by atoms with Crippen molar-refractivity contribution in [1.82, 2.24) is 18.8 Å². The summed E-state index contributed by atoms with van der Waals surface area (Å²) in [7, 11) is -3.81. The zero-order valence-corrected chi connectivity index (χ0v) is 22.9. The maximum absolute atomic E-state index is 15.6. The molecule has 3 aromatic rings. The van der Waals surface area contributed by atoms with Crippen molar-refractivity contribution in [3.63, 3.8) is 0 Å². The number of fused-ring (bicyclic) bond motifs is 1. The van der Waals surface area contributed by atoms with Crippen LogP contribution in [0.15, 0.2) is 35.5 Å². The predicted molar refractivity (Wildman–Crippen MR) is 146 cm³/mol. The smallest absolute Gasteiger partial charge is 0.243 e. The van der Waals surface area contributed by atoms with Crippen LogP contribution in [0.4, 0.5) is 10.3 Å². The summed E-state index contributed by atoms with van der Waals surface area (Å²) in [6, 6.07) is 4.13. The van der Waals surface area contributed by atoms with Crippen LogP contribution < -0.4 is 5.32 Å². The van der Waals surface area contributed by atoms with Crippen LogP contribution in [-0.4, -0.2) is 71.3 Å². The third kappa shape index (κ3) is 5.82. The lowest BCUT2D eigenvalue weighted by atomic mass is 9.87. The van der Waals surface area contributed by atoms with Crippen molar-refractivity contribution >= 4 is 27.0 Å². The minimum atomic E-state index is -3.81. The van der Waals surface area contributed by atoms with Crippen molar-refractivity contribution < 1.29 is 22.7 Å². The van der Waals surface area contributed by atoms with Crippen molar-refractivity contribution in [3.8, 4) is 11.1 Å². The van der Waals surface area contributed by atoms with E-state index >= 15 is 4.39 Å². The Bertz CT molecular complexity index is 1430. The molecule has 3 fully saturated rings. The number of sulfonamides is 1. The fourth-order valence-corrected chi connectivity index (χ4v) is 7.14. The molecule has 3 heterocycles. The molecule has 0 bridgehead atoms. The van der Waals surface area contributed by atoms with Gasteiger partial charge in [0.05, 0.1) is 24.2 Å². The lowest BCUT2D eigenvalue weighted by molar-refractivity contribution is 0.0730. The Kier molecular flexibility index (Phi) is 7.58. The number of hydrogen-bond donors (Lipinski definition) is 2. The molecule has 6 rings (SSSR count). The molecule has 1 aromatic carbocycles. The van der Waals surface area contributed by atoms with Crippen LogP contribution in [0, 0.1) is 17.7 Å². The van der Waals surface area contributed by atoms with Gasteiger partial charge in [-0.05, 0) is 56.1 Å². The number of anilines is 1. The fourth-order valence-electron chi connectivity index (χ4n) is 5.72. The summed E-state index contributed by atoms with van der Waals surface area (Å²) in [5.41, 5.74) is 1.68. The summed E-state index contributed by atoms with van der Waals surface area (Å²) in [6.45, 7) is 2.70. The predicted octanol–water partition coefficient (Wildman–Crippen LogP) is 4.02. The van der Waals surface area contributed by atoms with Gasteiger partial charge in [-0.2, -0.15) is 9.29 Å². The van der Waals surface area contributed by atoms with Crippen molar-refractivity contribution in [2.24, 2.45) is 11.8 Å². The highest BCUT2D eigenvalue weighted by atomic mass is 32.2. The molecule has 0 spiro atoms. The highest BCUT2D eigenvalue weighted by Crippen LogP contribution is 2.35. The van der Waals surface area contributed by atoms with Crippen LogP contribution in [0.5, 0.6) is 0 Å². The minimum absolute atomic E-state index is 0.0615. The van der Waals surface area contributed by atoms with Gasteiger partial charge in [-0.25, -0.2) is 17.8 Å². The van der Waals surface area contributed by atoms with Crippen LogP contribution in [-0.2, 0) is 21.3 Å². The first-order chi connectivity index (χ1) is 18.9. The molecule has 11 heteroatoms. The van der Waals surface area contributed by atoms with E-state index in [2.05, 4.69) is 14.9 Å². The van der Waals surface area contributed by atoms with Crippen LogP contribution in [0.1, 0.15) is 44.9 Å². The van der Waals surface area contributed by atoms with Gasteiger partial charge in [-0.3, -0.25) is 0 Å². The van der Waals surface area contributed by atoms with Crippen LogP contribution in [0.2, 0.25) is 0 Å². The lowest BCUT2D eigenvalue weighted by Gasteiger charge is -2.26. The molecule has 39 heavy (non-hydrogen) atoms. The van der Waals surface area contributed by atoms with E-state index in [0.29, 0.717) is 42.8 Å². The van der Waals surface area contributed by atoms with Gasteiger partial charge >= 0.3 is 0 Å². The molecular weight excluding hydrogens is 521 g/mol. The van der Waals surface area contributed by atoms with Crippen LogP contribution >= 0.6 is 0 Å². The second-order valence-corrected chi connectivity index (χ2v) is 13.1. The Hall–Kier alpha value is -2.60. The minimum Gasteiger partial charge on any atom is -0.393 e. The van der Waals surface area contributed by atoms with Crippen molar-refractivity contribution in [1.29, 1.82) is 0 Å². The molecule has 2 saturated carbocycles. The topological polar surface area (TPSA) is 110 Å². The lowest BCUT2D eigenvalue weighted by Crippen LogP contribution is -2.40. The summed E-state index contributed by atoms with van der Waals surface area (Å²) in [4.78, 5) is 9.28. The van der Waals surface area contributed by atoms with Crippen molar-refractivity contribution in [2.75, 3.05) is 38.2 Å². The summed E-state index contributed by atoms with van der Waals surface area (Å²) in [6.07, 6.45) is 10.5. The zero-order chi connectivity index (χ0) is 27.0. The van der Waals surface area contributed by atoms with Crippen LogP contribution in [0.25, 0.3) is 22.2 Å². The van der Waals surface area contributed by atoms with E-state index in [1.165, 1.54) is 23.2 Å². The Labute approximate surface area is 228 Å². The number of aromatic nitrogens is 3. The number of aliphatic hydroxyl groups is 1. The summed E-state index contributed by atoms with van der Waals surface area (Å²) >= 11 is 0. The van der Waals surface area contributed by atoms with E-state index in [9.17, 15) is 13.5 Å². The first-order valence-electron chi connectivity index (χ1n) is 14.0. The SMILES string of the molecule is O=S(=O)(c1ccc(-c2cn(CC3CCC(O)CC3)c3nc(NCCC4CC4)ncc23)c(F)c1)N1CCOCC1. The number of nitrogens with zero attached hydrogens (tertiary/aromatic N) is 4. The molecule has 2 aliphatic carbocycles. The van der Waals surface area contributed by atoms with Gasteiger partial charge in [-0.1, -0.05) is 18.9 Å². The maximum Gasteiger partial charge on any atom is 0.243 e. The van der Waals surface area contributed by atoms with Gasteiger partial charge in [0.25, 0.3) is 0 Å². The number of morpholine rings is 1. The Morgan fingerprint density at radius 2 is 1.79 bits per heavy atom. The molecule has 0 radical (unpaired) electrons. The van der Waals surface area contributed by atoms with Crippen molar-refractivity contribution in [2.45, 2.75) is 62.5 Å². The van der Waals surface area contributed by atoms with E-state index in [1.54, 1.807) is 12.3 Å². The quantitative estimate of drug-likeness (QED) is 0.409. The summed E-state index contributed by atoms with van der Waals surface area (Å²) in [5.74, 6) is 1.15. The van der Waals surface area contributed by atoms with Crippen LogP contribution in [0.3, 0.4) is 0 Å². The molecule has 0 unspecified atom stereocenters. The highest BCUT2D eigenvalue weighted by Gasteiger charge is 2.28. The molecule has 2 N–H and O–H groups in total. The second-order valence-electron chi connectivity index (χ2n) is 11.1. The average Bonchev–Trinajstić information content (AvgIpc) is 3.71. The average molecular weight is 558 g/mol. The largest absolute Gasteiger partial charge is 0.393 e. The molecular formula is C28H36FN5O4S. The number of rotatable bonds is 9. The molecule has 9 nitrogen and oxygen atoms in total. The van der Waals surface area contributed by atoms with Gasteiger partial charge in [0.2, 0.25) is 16.0 Å². The summed E-state index contributed by atoms with van der Waals surface area (Å²) < 4.78 is 50.4. The number of nitrogens with one attached hydrogen (secondary N) is 1. The number of hydrogen-bond acceptors (Lipinski definition) is 7. The normalized spacial score (nSPS) is 22.8. The molecule has 1 aliphatic heterocycles. The van der Waals surface area contributed by atoms with Gasteiger partial charge in [0, 0.05) is 55.1 Å². The van der Waals surface area contributed by atoms with E-state index in [0.717, 1.165) is 61.7 Å². The zero-order valence-electron chi connectivity index (χ0n) is 22.1. The van der Waals surface area contributed by atoms with E-state index in [1.807, 2.05) is 6.20 Å². The molecule has 210 valence electrons. The molecule has 0 atom stereocenters. The Morgan fingerprint density at radius 1 is 1.05 bits per heavy atom. The Morgan fingerprint density at radius 3 is 2.51 bits per heavy atom. The monoisotopic (exact) mass is 557 g/mol. The van der Waals surface area contributed by atoms with E-state index in [4.69, 9.17) is 9.72 Å². The van der Waals surface area contributed by atoms with Gasteiger partial charge < -0.3 is 19.7 Å². The standard InChI is InChI=1S/C28H36FN5O4S/c29-26-15-22(39(36,37)34-11-13-38-14-12-34)7-8-23(26)25-18-33(17-20-3-5-21(35)6-4-20)27-24(25)16-31-28(32-27)30-10-9-19-1-2-19/h7-8,15-16,18-21,35H,1-6,9-14,17H2,(H,30,31,32). The highest BCUT2D eigenvalue weighted by molar-refractivity contribution is 7.89. The van der Waals surface area contributed by atoms with Gasteiger partial charge in [0.1, 0.15) is 11.5 Å². The van der Waals surface area contributed by atoms with Gasteiger partial charge in [-0.15, -0.1) is 0 Å². The maximum atomic E-state index is 15.6. The van der Waals surface area contributed by atoms with Gasteiger partial charge in [0.15, 0.2) is 0 Å². The van der Waals surface area contributed by atoms with E-state index in [-0.39, 0.29) is 24.1 Å². The Balaban J connectivity index is 1.32. The third-order valence-electron chi connectivity index (χ3n) is 8.26. The third-order valence-corrected chi connectivity index (χ3v) is 10.2. The first kappa shape index (κ1) is 26.6. The molecule has 1 saturated heterocycles. The number of ether oxygens (including phenoxy) is 1. The van der Waals surface area contributed by atoms with Crippen molar-refractivity contribution in [3.05, 3.63) is 36.4 Å². The molecule has 2 aromatic heterocycles. The fraction of sp³-hybridized carbons (Fsp3) is 0.571. The second kappa shape index (κ2) is 11.1. The molecule has 0 amide bonds. The van der Waals surface area contributed by atoms with E-state index < -0.39 is 15.8 Å². The summed E-state index contributed by atoms with van der Waals surface area (Å²) in [5, 5.41) is 14.0.